The number of halogens is 1. The number of nitrogens with one attached hydrogen (secondary N) is 1. The zero-order valence-electron chi connectivity index (χ0n) is 17.1. The van der Waals surface area contributed by atoms with Crippen molar-refractivity contribution in [3.8, 4) is 5.75 Å². The number of sulfonamides is 1. The van der Waals surface area contributed by atoms with Crippen LogP contribution in [0.2, 0.25) is 5.02 Å². The first kappa shape index (κ1) is 21.9. The third kappa shape index (κ3) is 5.63. The maximum Gasteiger partial charge on any atom is 0.241 e. The van der Waals surface area contributed by atoms with E-state index in [0.717, 1.165) is 37.6 Å². The predicted octanol–water partition coefficient (Wildman–Crippen LogP) is 3.23. The van der Waals surface area contributed by atoms with Gasteiger partial charge in [-0.2, -0.15) is 0 Å². The summed E-state index contributed by atoms with van der Waals surface area (Å²) in [6.45, 7) is 7.87. The van der Waals surface area contributed by atoms with Crippen molar-refractivity contribution in [3.05, 3.63) is 53.6 Å². The topological polar surface area (TPSA) is 61.9 Å². The molecule has 0 bridgehead atoms. The molecule has 1 fully saturated rings. The zero-order chi connectivity index (χ0) is 21.1. The van der Waals surface area contributed by atoms with Crippen molar-refractivity contribution in [3.63, 3.8) is 0 Å². The molecule has 0 aliphatic carbocycles. The van der Waals surface area contributed by atoms with Crippen LogP contribution in [-0.4, -0.2) is 58.7 Å². The molecular weight excluding hydrogens is 410 g/mol. The summed E-state index contributed by atoms with van der Waals surface area (Å²) in [5.41, 5.74) is 0.489. The molecule has 0 atom stereocenters. The molecule has 3 rings (SSSR count). The van der Waals surface area contributed by atoms with Gasteiger partial charge < -0.3 is 9.64 Å². The maximum atomic E-state index is 12.7. The minimum Gasteiger partial charge on any atom is -0.495 e. The van der Waals surface area contributed by atoms with Crippen LogP contribution in [0.4, 0.5) is 5.69 Å². The highest BCUT2D eigenvalue weighted by atomic mass is 35.5. The van der Waals surface area contributed by atoms with Crippen molar-refractivity contribution in [2.24, 2.45) is 0 Å². The second-order valence-corrected chi connectivity index (χ2v) is 10.00. The predicted molar refractivity (Wildman–Crippen MR) is 117 cm³/mol. The number of rotatable bonds is 7. The molecular formula is C21H28ClN3O3S. The molecule has 2 aromatic rings. The summed E-state index contributed by atoms with van der Waals surface area (Å²) in [7, 11) is -1.93. The quantitative estimate of drug-likeness (QED) is 0.720. The lowest BCUT2D eigenvalue weighted by atomic mass is 10.1. The van der Waals surface area contributed by atoms with Gasteiger partial charge in [0, 0.05) is 43.3 Å². The number of hydrogen-bond acceptors (Lipinski definition) is 5. The highest BCUT2D eigenvalue weighted by molar-refractivity contribution is 7.89. The van der Waals surface area contributed by atoms with E-state index in [-0.39, 0.29) is 4.90 Å². The standard InChI is InChI=1S/C21H28ClN3O3S/c1-21(2,23-29(26,27)18-10-8-17(22)9-11-18)16-24-12-14-25(15-13-24)19-6-4-5-7-20(19)28-3/h4-11,23H,12-16H2,1-3H3. The van der Waals surface area contributed by atoms with Crippen LogP contribution in [0.5, 0.6) is 5.75 Å². The van der Waals surface area contributed by atoms with E-state index < -0.39 is 15.6 Å². The summed E-state index contributed by atoms with van der Waals surface area (Å²) in [6, 6.07) is 14.2. The Hall–Kier alpha value is -1.80. The van der Waals surface area contributed by atoms with Crippen LogP contribution in [0.15, 0.2) is 53.4 Å². The molecule has 0 saturated carbocycles. The van der Waals surface area contributed by atoms with E-state index in [1.54, 1.807) is 19.2 Å². The maximum absolute atomic E-state index is 12.7. The van der Waals surface area contributed by atoms with E-state index in [2.05, 4.69) is 20.6 Å². The van der Waals surface area contributed by atoms with Crippen molar-refractivity contribution in [1.82, 2.24) is 9.62 Å². The highest BCUT2D eigenvalue weighted by Crippen LogP contribution is 2.28. The molecule has 6 nitrogen and oxygen atoms in total. The Balaban J connectivity index is 1.59. The molecule has 158 valence electrons. The Morgan fingerprint density at radius 2 is 1.66 bits per heavy atom. The SMILES string of the molecule is COc1ccccc1N1CCN(CC(C)(C)NS(=O)(=O)c2ccc(Cl)cc2)CC1. The van der Waals surface area contributed by atoms with Gasteiger partial charge in [-0.1, -0.05) is 23.7 Å². The van der Waals surface area contributed by atoms with E-state index in [0.29, 0.717) is 11.6 Å². The molecule has 0 aromatic heterocycles. The molecule has 8 heteroatoms. The third-order valence-corrected chi connectivity index (χ3v) is 6.92. The van der Waals surface area contributed by atoms with Gasteiger partial charge in [-0.05, 0) is 50.2 Å². The fourth-order valence-electron chi connectivity index (χ4n) is 3.67. The molecule has 0 spiro atoms. The number of ether oxygens (including phenoxy) is 1. The third-order valence-electron chi connectivity index (χ3n) is 4.95. The van der Waals surface area contributed by atoms with Crippen molar-refractivity contribution >= 4 is 27.3 Å². The van der Waals surface area contributed by atoms with Crippen LogP contribution in [0, 0.1) is 0 Å². The van der Waals surface area contributed by atoms with Crippen LogP contribution in [-0.2, 0) is 10.0 Å². The molecule has 1 saturated heterocycles. The molecule has 0 radical (unpaired) electrons. The van der Waals surface area contributed by atoms with E-state index in [9.17, 15) is 8.42 Å². The Bertz CT molecular complexity index is 924. The van der Waals surface area contributed by atoms with Crippen molar-refractivity contribution in [2.45, 2.75) is 24.3 Å². The number of nitrogens with zero attached hydrogens (tertiary/aromatic N) is 2. The van der Waals surface area contributed by atoms with Crippen LogP contribution >= 0.6 is 11.6 Å². The summed E-state index contributed by atoms with van der Waals surface area (Å²) in [6.07, 6.45) is 0. The van der Waals surface area contributed by atoms with Crippen molar-refractivity contribution in [1.29, 1.82) is 0 Å². The van der Waals surface area contributed by atoms with Crippen LogP contribution in [0.3, 0.4) is 0 Å². The lowest BCUT2D eigenvalue weighted by Crippen LogP contribution is -2.55. The lowest BCUT2D eigenvalue weighted by molar-refractivity contribution is 0.205. The Kier molecular flexibility index (Phi) is 6.73. The van der Waals surface area contributed by atoms with E-state index in [1.807, 2.05) is 32.0 Å². The highest BCUT2D eigenvalue weighted by Gasteiger charge is 2.30. The first-order chi connectivity index (χ1) is 13.7. The average molecular weight is 438 g/mol. The van der Waals surface area contributed by atoms with E-state index in [4.69, 9.17) is 16.3 Å². The van der Waals surface area contributed by atoms with Crippen LogP contribution < -0.4 is 14.4 Å². The lowest BCUT2D eigenvalue weighted by Gasteiger charge is -2.40. The number of methoxy groups -OCH3 is 1. The average Bonchev–Trinajstić information content (AvgIpc) is 2.67. The smallest absolute Gasteiger partial charge is 0.241 e. The molecule has 0 amide bonds. The second kappa shape index (κ2) is 8.92. The monoisotopic (exact) mass is 437 g/mol. The van der Waals surface area contributed by atoms with Gasteiger partial charge in [-0.25, -0.2) is 13.1 Å². The van der Waals surface area contributed by atoms with Gasteiger partial charge in [-0.3, -0.25) is 4.90 Å². The van der Waals surface area contributed by atoms with E-state index in [1.165, 1.54) is 12.1 Å². The van der Waals surface area contributed by atoms with Crippen molar-refractivity contribution < 1.29 is 13.2 Å². The first-order valence-corrected chi connectivity index (χ1v) is 11.5. The second-order valence-electron chi connectivity index (χ2n) is 7.88. The van der Waals surface area contributed by atoms with Gasteiger partial charge in [0.1, 0.15) is 5.75 Å². The largest absolute Gasteiger partial charge is 0.495 e. The minimum absolute atomic E-state index is 0.218. The van der Waals surface area contributed by atoms with Gasteiger partial charge in [0.05, 0.1) is 17.7 Å². The molecule has 1 N–H and O–H groups in total. The fourth-order valence-corrected chi connectivity index (χ4v) is 5.20. The fraction of sp³-hybridized carbons (Fsp3) is 0.429. The number of benzene rings is 2. The van der Waals surface area contributed by atoms with Crippen LogP contribution in [0.1, 0.15) is 13.8 Å². The Morgan fingerprint density at radius 1 is 1.03 bits per heavy atom. The summed E-state index contributed by atoms with van der Waals surface area (Å²) in [4.78, 5) is 4.81. The summed E-state index contributed by atoms with van der Waals surface area (Å²) < 4.78 is 33.7. The van der Waals surface area contributed by atoms with Gasteiger partial charge >= 0.3 is 0 Å². The summed E-state index contributed by atoms with van der Waals surface area (Å²) in [5.74, 6) is 0.872. The van der Waals surface area contributed by atoms with E-state index >= 15 is 0 Å². The normalized spacial score (nSPS) is 16.1. The molecule has 2 aromatic carbocycles. The van der Waals surface area contributed by atoms with Gasteiger partial charge in [0.2, 0.25) is 10.0 Å². The summed E-state index contributed by atoms with van der Waals surface area (Å²) in [5, 5.41) is 0.510. The molecule has 0 unspecified atom stereocenters. The Morgan fingerprint density at radius 3 is 2.28 bits per heavy atom. The molecule has 29 heavy (non-hydrogen) atoms. The van der Waals surface area contributed by atoms with Gasteiger partial charge in [-0.15, -0.1) is 0 Å². The minimum atomic E-state index is -3.61. The molecule has 1 heterocycles. The van der Waals surface area contributed by atoms with Crippen molar-refractivity contribution in [2.75, 3.05) is 44.7 Å². The number of piperazine rings is 1. The first-order valence-electron chi connectivity index (χ1n) is 9.60. The number of para-hydroxylation sites is 2. The zero-order valence-corrected chi connectivity index (χ0v) is 18.6. The molecule has 1 aliphatic heterocycles. The summed E-state index contributed by atoms with van der Waals surface area (Å²) >= 11 is 5.87. The molecule has 1 aliphatic rings. The van der Waals surface area contributed by atoms with Gasteiger partial charge in [0.25, 0.3) is 0 Å². The van der Waals surface area contributed by atoms with Gasteiger partial charge in [0.15, 0.2) is 0 Å². The number of anilines is 1. The number of hydrogen-bond donors (Lipinski definition) is 1. The Labute approximate surface area is 178 Å². The van der Waals surface area contributed by atoms with Crippen LogP contribution in [0.25, 0.3) is 0 Å².